The highest BCUT2D eigenvalue weighted by molar-refractivity contribution is 5.98. The van der Waals surface area contributed by atoms with Crippen LogP contribution in [0.15, 0.2) is 24.4 Å². The number of hydrogen-bond donors (Lipinski definition) is 2. The SMILES string of the molecule is CC(C)c1cc(Nc2nc(N3CCC[C@H]3C(=O)N(C)c3ccc(F)nc3)nc3c2CCC3)n[nH]1. The molecular formula is C24H29FN8O. The first-order valence-electron chi connectivity index (χ1n) is 11.8. The molecule has 178 valence electrons. The minimum absolute atomic E-state index is 0.0848. The number of carbonyl (C=O) groups excluding carboxylic acids is 1. The molecule has 9 nitrogen and oxygen atoms in total. The summed E-state index contributed by atoms with van der Waals surface area (Å²) in [4.78, 5) is 30.3. The number of halogens is 1. The molecule has 2 N–H and O–H groups in total. The molecule has 1 aliphatic heterocycles. The van der Waals surface area contributed by atoms with Gasteiger partial charge in [0.1, 0.15) is 11.9 Å². The van der Waals surface area contributed by atoms with Gasteiger partial charge in [-0.1, -0.05) is 13.8 Å². The van der Waals surface area contributed by atoms with Gasteiger partial charge in [-0.25, -0.2) is 9.97 Å². The first-order valence-corrected chi connectivity index (χ1v) is 11.8. The summed E-state index contributed by atoms with van der Waals surface area (Å²) in [6.45, 7) is 4.92. The number of rotatable bonds is 6. The Morgan fingerprint density at radius 1 is 1.26 bits per heavy atom. The van der Waals surface area contributed by atoms with Gasteiger partial charge >= 0.3 is 0 Å². The molecule has 10 heteroatoms. The third-order valence-corrected chi connectivity index (χ3v) is 6.61. The summed E-state index contributed by atoms with van der Waals surface area (Å²) < 4.78 is 13.2. The summed E-state index contributed by atoms with van der Waals surface area (Å²) in [5, 5.41) is 10.8. The number of fused-ring (bicyclic) bond motifs is 1. The summed E-state index contributed by atoms with van der Waals surface area (Å²) in [5.74, 6) is 1.73. The van der Waals surface area contributed by atoms with Crippen molar-refractivity contribution in [1.82, 2.24) is 25.1 Å². The number of aromatic nitrogens is 5. The quantitative estimate of drug-likeness (QED) is 0.536. The summed E-state index contributed by atoms with van der Waals surface area (Å²) in [7, 11) is 1.69. The molecule has 1 atom stereocenters. The van der Waals surface area contributed by atoms with Crippen molar-refractivity contribution in [2.24, 2.45) is 0 Å². The van der Waals surface area contributed by atoms with Crippen molar-refractivity contribution in [2.75, 3.05) is 28.7 Å². The highest BCUT2D eigenvalue weighted by atomic mass is 19.1. The van der Waals surface area contributed by atoms with E-state index in [1.807, 2.05) is 11.0 Å². The molecule has 4 heterocycles. The van der Waals surface area contributed by atoms with E-state index in [0.717, 1.165) is 54.3 Å². The molecule has 5 rings (SSSR count). The largest absolute Gasteiger partial charge is 0.329 e. The minimum Gasteiger partial charge on any atom is -0.329 e. The number of nitrogens with zero attached hydrogens (tertiary/aromatic N) is 6. The van der Waals surface area contributed by atoms with Crippen molar-refractivity contribution >= 4 is 29.2 Å². The topological polar surface area (TPSA) is 103 Å². The number of anilines is 4. The third kappa shape index (κ3) is 4.20. The lowest BCUT2D eigenvalue weighted by molar-refractivity contribution is -0.119. The molecule has 1 fully saturated rings. The summed E-state index contributed by atoms with van der Waals surface area (Å²) in [6, 6.07) is 4.43. The van der Waals surface area contributed by atoms with Gasteiger partial charge in [-0.2, -0.15) is 14.5 Å². The fourth-order valence-corrected chi connectivity index (χ4v) is 4.65. The van der Waals surface area contributed by atoms with Gasteiger partial charge in [0.05, 0.1) is 17.6 Å². The van der Waals surface area contributed by atoms with Gasteiger partial charge in [-0.15, -0.1) is 0 Å². The molecule has 34 heavy (non-hydrogen) atoms. The summed E-state index contributed by atoms with van der Waals surface area (Å²) in [5.41, 5.74) is 3.75. The van der Waals surface area contributed by atoms with Crippen molar-refractivity contribution in [2.45, 2.75) is 57.9 Å². The van der Waals surface area contributed by atoms with Crippen LogP contribution in [-0.2, 0) is 17.6 Å². The van der Waals surface area contributed by atoms with Crippen LogP contribution in [0.3, 0.4) is 0 Å². The Morgan fingerprint density at radius 2 is 2.12 bits per heavy atom. The standard InChI is InChI=1S/C24H29FN8O/c1-14(2)18-12-21(31-30-18)28-22-16-6-4-7-17(16)27-24(29-22)33-11-5-8-19(33)23(34)32(3)15-9-10-20(25)26-13-15/h9-10,12-14,19H,4-8,11H2,1-3H3,(H2,27,28,29,30,31)/t19-/m0/s1. The molecule has 2 aliphatic rings. The highest BCUT2D eigenvalue weighted by Gasteiger charge is 2.36. The Kier molecular flexibility index (Phi) is 5.89. The zero-order valence-electron chi connectivity index (χ0n) is 19.7. The van der Waals surface area contributed by atoms with Crippen molar-refractivity contribution in [1.29, 1.82) is 0 Å². The maximum atomic E-state index is 13.4. The van der Waals surface area contributed by atoms with Crippen LogP contribution in [0.2, 0.25) is 0 Å². The van der Waals surface area contributed by atoms with E-state index >= 15 is 0 Å². The molecule has 0 spiro atoms. The molecule has 1 amide bonds. The average molecular weight is 465 g/mol. The van der Waals surface area contributed by atoms with E-state index in [2.05, 4.69) is 34.3 Å². The third-order valence-electron chi connectivity index (χ3n) is 6.61. The van der Waals surface area contributed by atoms with Crippen molar-refractivity contribution < 1.29 is 9.18 Å². The van der Waals surface area contributed by atoms with E-state index in [0.29, 0.717) is 30.5 Å². The number of amides is 1. The van der Waals surface area contributed by atoms with E-state index in [9.17, 15) is 9.18 Å². The van der Waals surface area contributed by atoms with E-state index < -0.39 is 5.95 Å². The number of aromatic amines is 1. The molecule has 0 radical (unpaired) electrons. The Morgan fingerprint density at radius 3 is 2.85 bits per heavy atom. The van der Waals surface area contributed by atoms with Crippen LogP contribution in [0.5, 0.6) is 0 Å². The number of H-pyrrole nitrogens is 1. The zero-order chi connectivity index (χ0) is 23.8. The molecular weight excluding hydrogens is 435 g/mol. The lowest BCUT2D eigenvalue weighted by atomic mass is 10.1. The second kappa shape index (κ2) is 9.00. The Balaban J connectivity index is 1.42. The molecule has 0 unspecified atom stereocenters. The number of hydrogen-bond acceptors (Lipinski definition) is 7. The van der Waals surface area contributed by atoms with E-state index in [1.165, 1.54) is 17.2 Å². The van der Waals surface area contributed by atoms with Crippen LogP contribution in [-0.4, -0.2) is 50.7 Å². The zero-order valence-corrected chi connectivity index (χ0v) is 19.7. The average Bonchev–Trinajstić information content (AvgIpc) is 3.58. The van der Waals surface area contributed by atoms with Crippen molar-refractivity contribution in [3.05, 3.63) is 47.3 Å². The van der Waals surface area contributed by atoms with Gasteiger partial charge in [0.15, 0.2) is 5.82 Å². The van der Waals surface area contributed by atoms with Crippen molar-refractivity contribution in [3.8, 4) is 0 Å². The Bertz CT molecular complexity index is 1190. The fraction of sp³-hybridized carbons (Fsp3) is 0.458. The molecule has 3 aromatic heterocycles. The first kappa shape index (κ1) is 22.2. The molecule has 1 aliphatic carbocycles. The second-order valence-corrected chi connectivity index (χ2v) is 9.23. The number of nitrogens with one attached hydrogen (secondary N) is 2. The Hall–Kier alpha value is -3.56. The Labute approximate surface area is 197 Å². The van der Waals surface area contributed by atoms with Crippen LogP contribution in [0.4, 0.5) is 27.7 Å². The number of carbonyl (C=O) groups is 1. The lowest BCUT2D eigenvalue weighted by Crippen LogP contribution is -2.45. The minimum atomic E-state index is -0.573. The summed E-state index contributed by atoms with van der Waals surface area (Å²) >= 11 is 0. The molecule has 3 aromatic rings. The van der Waals surface area contributed by atoms with Gasteiger partial charge in [0, 0.05) is 30.9 Å². The second-order valence-electron chi connectivity index (χ2n) is 9.23. The molecule has 0 aromatic carbocycles. The number of likely N-dealkylation sites (N-methyl/N-ethyl adjacent to an activating group) is 1. The van der Waals surface area contributed by atoms with Crippen LogP contribution in [0.1, 0.15) is 56.0 Å². The van der Waals surface area contributed by atoms with Gasteiger partial charge in [-0.3, -0.25) is 9.89 Å². The van der Waals surface area contributed by atoms with Crippen LogP contribution in [0.25, 0.3) is 0 Å². The maximum absolute atomic E-state index is 13.4. The first-order chi connectivity index (χ1) is 16.4. The van der Waals surface area contributed by atoms with Crippen LogP contribution >= 0.6 is 0 Å². The van der Waals surface area contributed by atoms with E-state index in [-0.39, 0.29) is 11.9 Å². The van der Waals surface area contributed by atoms with Crippen LogP contribution < -0.4 is 15.1 Å². The lowest BCUT2D eigenvalue weighted by Gasteiger charge is -2.28. The number of aryl methyl sites for hydroxylation is 1. The number of pyridine rings is 1. The van der Waals surface area contributed by atoms with E-state index in [1.54, 1.807) is 13.1 Å². The predicted molar refractivity (Wildman–Crippen MR) is 128 cm³/mol. The monoisotopic (exact) mass is 464 g/mol. The maximum Gasteiger partial charge on any atom is 0.249 e. The molecule has 0 bridgehead atoms. The van der Waals surface area contributed by atoms with Crippen molar-refractivity contribution in [3.63, 3.8) is 0 Å². The smallest absolute Gasteiger partial charge is 0.249 e. The van der Waals surface area contributed by atoms with E-state index in [4.69, 9.17) is 9.97 Å². The predicted octanol–water partition coefficient (Wildman–Crippen LogP) is 3.72. The normalized spacial score (nSPS) is 17.3. The van der Waals surface area contributed by atoms with Gasteiger partial charge < -0.3 is 15.1 Å². The van der Waals surface area contributed by atoms with Crippen LogP contribution in [0, 0.1) is 5.95 Å². The van der Waals surface area contributed by atoms with Gasteiger partial charge in [0.25, 0.3) is 0 Å². The molecule has 1 saturated heterocycles. The van der Waals surface area contributed by atoms with Gasteiger partial charge in [-0.05, 0) is 50.2 Å². The highest BCUT2D eigenvalue weighted by Crippen LogP contribution is 2.33. The van der Waals surface area contributed by atoms with Gasteiger partial charge in [0.2, 0.25) is 17.8 Å². The summed E-state index contributed by atoms with van der Waals surface area (Å²) in [6.07, 6.45) is 5.79. The molecule has 0 saturated carbocycles. The fourth-order valence-electron chi connectivity index (χ4n) is 4.65.